The second-order valence-corrected chi connectivity index (χ2v) is 3.82. The lowest BCUT2D eigenvalue weighted by molar-refractivity contribution is -0.144. The van der Waals surface area contributed by atoms with Crippen molar-refractivity contribution < 1.29 is 14.5 Å². The van der Waals surface area contributed by atoms with Crippen molar-refractivity contribution in [1.82, 2.24) is 20.5 Å². The predicted octanol–water partition coefficient (Wildman–Crippen LogP) is -0.764. The maximum atomic E-state index is 11.0. The minimum absolute atomic E-state index is 0.458. The molecule has 2 N–H and O–H groups in total. The van der Waals surface area contributed by atoms with Gasteiger partial charge in [-0.25, -0.2) is 4.63 Å². The van der Waals surface area contributed by atoms with Crippen LogP contribution in [0.5, 0.6) is 0 Å². The van der Waals surface area contributed by atoms with E-state index in [0.717, 1.165) is 6.54 Å². The Bertz CT molecular complexity index is 379. The van der Waals surface area contributed by atoms with Gasteiger partial charge in [0.2, 0.25) is 0 Å². The molecule has 1 aromatic rings. The number of rotatable bonds is 3. The third-order valence-corrected chi connectivity index (χ3v) is 2.74. The van der Waals surface area contributed by atoms with E-state index in [1.807, 2.05) is 4.90 Å². The van der Waals surface area contributed by atoms with Crippen molar-refractivity contribution in [3.05, 3.63) is 11.4 Å². The summed E-state index contributed by atoms with van der Waals surface area (Å²) in [6, 6.07) is -0.509. The van der Waals surface area contributed by atoms with Gasteiger partial charge in [-0.1, -0.05) is 10.3 Å². The molecule has 1 aliphatic heterocycles. The van der Waals surface area contributed by atoms with Crippen LogP contribution >= 0.6 is 0 Å². The molecule has 0 aliphatic carbocycles. The van der Waals surface area contributed by atoms with Crippen molar-refractivity contribution >= 4 is 5.97 Å². The van der Waals surface area contributed by atoms with Gasteiger partial charge in [-0.2, -0.15) is 0 Å². The Kier molecular flexibility index (Phi) is 3.16. The van der Waals surface area contributed by atoms with Crippen molar-refractivity contribution in [3.63, 3.8) is 0 Å². The molecule has 0 radical (unpaired) electrons. The lowest BCUT2D eigenvalue weighted by Gasteiger charge is -2.32. The van der Waals surface area contributed by atoms with Crippen LogP contribution in [0.25, 0.3) is 0 Å². The van der Waals surface area contributed by atoms with Crippen LogP contribution in [0.3, 0.4) is 0 Å². The zero-order valence-electron chi connectivity index (χ0n) is 9.01. The summed E-state index contributed by atoms with van der Waals surface area (Å²) in [6.07, 6.45) is 0. The molecule has 1 atom stereocenters. The summed E-state index contributed by atoms with van der Waals surface area (Å²) in [5.74, 6) is -0.818. The summed E-state index contributed by atoms with van der Waals surface area (Å²) < 4.78 is 4.59. The topological polar surface area (TPSA) is 91.5 Å². The molecule has 0 spiro atoms. The highest BCUT2D eigenvalue weighted by Crippen LogP contribution is 2.10. The highest BCUT2D eigenvalue weighted by molar-refractivity contribution is 5.73. The van der Waals surface area contributed by atoms with Gasteiger partial charge in [-0.15, -0.1) is 0 Å². The van der Waals surface area contributed by atoms with Gasteiger partial charge >= 0.3 is 5.97 Å². The van der Waals surface area contributed by atoms with Gasteiger partial charge in [0.15, 0.2) is 0 Å². The number of carboxylic acids is 1. The van der Waals surface area contributed by atoms with Crippen LogP contribution in [0, 0.1) is 6.92 Å². The van der Waals surface area contributed by atoms with Gasteiger partial charge in [0, 0.05) is 26.2 Å². The third-order valence-electron chi connectivity index (χ3n) is 2.74. The Labute approximate surface area is 92.4 Å². The monoisotopic (exact) mass is 226 g/mol. The first-order chi connectivity index (χ1) is 7.68. The quantitative estimate of drug-likeness (QED) is 0.699. The van der Waals surface area contributed by atoms with E-state index in [-0.39, 0.29) is 0 Å². The smallest absolute Gasteiger partial charge is 0.322 e. The fraction of sp³-hybridized carbons (Fsp3) is 0.667. The van der Waals surface area contributed by atoms with Gasteiger partial charge in [0.1, 0.15) is 17.4 Å². The minimum atomic E-state index is -0.818. The van der Waals surface area contributed by atoms with Crippen molar-refractivity contribution in [1.29, 1.82) is 0 Å². The molecule has 7 nitrogen and oxygen atoms in total. The van der Waals surface area contributed by atoms with Gasteiger partial charge < -0.3 is 10.4 Å². The second kappa shape index (κ2) is 4.58. The van der Waals surface area contributed by atoms with E-state index in [1.54, 1.807) is 6.92 Å². The van der Waals surface area contributed by atoms with E-state index in [2.05, 4.69) is 20.3 Å². The van der Waals surface area contributed by atoms with Crippen LogP contribution in [-0.4, -0.2) is 52.0 Å². The molecule has 7 heteroatoms. The molecule has 1 saturated heterocycles. The zero-order chi connectivity index (χ0) is 11.5. The molecule has 2 rings (SSSR count). The summed E-state index contributed by atoms with van der Waals surface area (Å²) in [4.78, 5) is 12.9. The number of nitrogens with zero attached hydrogens (tertiary/aromatic N) is 3. The highest BCUT2D eigenvalue weighted by Gasteiger charge is 2.29. The molecule has 1 unspecified atom stereocenters. The molecule has 1 fully saturated rings. The van der Waals surface area contributed by atoms with Crippen molar-refractivity contribution in [2.24, 2.45) is 0 Å². The number of aliphatic carboxylic acids is 1. The molecule has 0 bridgehead atoms. The lowest BCUT2D eigenvalue weighted by atomic mass is 10.2. The number of carboxylic acid groups (broad SMARTS) is 1. The maximum Gasteiger partial charge on any atom is 0.322 e. The predicted molar refractivity (Wildman–Crippen MR) is 53.7 cm³/mol. The standard InChI is InChI=1S/C9H14N4O3/c1-6-7(12-16-11-6)5-13-3-2-10-4-8(13)9(14)15/h8,10H,2-5H2,1H3,(H,14,15). The van der Waals surface area contributed by atoms with Crippen LogP contribution in [0.1, 0.15) is 11.4 Å². The molecule has 2 heterocycles. The summed E-state index contributed by atoms with van der Waals surface area (Å²) in [5, 5.41) is 19.6. The maximum absolute atomic E-state index is 11.0. The summed E-state index contributed by atoms with van der Waals surface area (Å²) >= 11 is 0. The highest BCUT2D eigenvalue weighted by atomic mass is 16.6. The lowest BCUT2D eigenvalue weighted by Crippen LogP contribution is -2.54. The van der Waals surface area contributed by atoms with Crippen LogP contribution < -0.4 is 5.32 Å². The third kappa shape index (κ3) is 2.20. The van der Waals surface area contributed by atoms with E-state index in [0.29, 0.717) is 31.0 Å². The largest absolute Gasteiger partial charge is 0.480 e. The first kappa shape index (κ1) is 11.0. The van der Waals surface area contributed by atoms with E-state index >= 15 is 0 Å². The minimum Gasteiger partial charge on any atom is -0.480 e. The molecule has 0 aromatic carbocycles. The second-order valence-electron chi connectivity index (χ2n) is 3.82. The Balaban J connectivity index is 2.07. The Morgan fingerprint density at radius 3 is 3.12 bits per heavy atom. The zero-order valence-corrected chi connectivity index (χ0v) is 9.01. The average molecular weight is 226 g/mol. The van der Waals surface area contributed by atoms with Gasteiger partial charge in [-0.05, 0) is 6.92 Å². The summed E-state index contributed by atoms with van der Waals surface area (Å²) in [6.45, 7) is 4.19. The molecular weight excluding hydrogens is 212 g/mol. The Morgan fingerprint density at radius 1 is 1.69 bits per heavy atom. The fourth-order valence-electron chi connectivity index (χ4n) is 1.76. The van der Waals surface area contributed by atoms with Gasteiger partial charge in [0.25, 0.3) is 0 Å². The number of piperazine rings is 1. The van der Waals surface area contributed by atoms with Crippen molar-refractivity contribution in [2.45, 2.75) is 19.5 Å². The molecule has 1 aromatic heterocycles. The Hall–Kier alpha value is -1.47. The number of aryl methyl sites for hydroxylation is 1. The molecule has 1 aliphatic rings. The van der Waals surface area contributed by atoms with E-state index in [1.165, 1.54) is 0 Å². The average Bonchev–Trinajstić information content (AvgIpc) is 2.65. The van der Waals surface area contributed by atoms with Crippen molar-refractivity contribution in [3.8, 4) is 0 Å². The SMILES string of the molecule is Cc1nonc1CN1CCNCC1C(=O)O. The number of nitrogens with one attached hydrogen (secondary N) is 1. The molecule has 0 amide bonds. The molecule has 88 valence electrons. The number of carbonyl (C=O) groups is 1. The number of hydrogen-bond acceptors (Lipinski definition) is 6. The van der Waals surface area contributed by atoms with E-state index < -0.39 is 12.0 Å². The molecular formula is C9H14N4O3. The van der Waals surface area contributed by atoms with Crippen LogP contribution in [-0.2, 0) is 11.3 Å². The van der Waals surface area contributed by atoms with Crippen LogP contribution in [0.2, 0.25) is 0 Å². The van der Waals surface area contributed by atoms with E-state index in [9.17, 15) is 4.79 Å². The van der Waals surface area contributed by atoms with E-state index in [4.69, 9.17) is 5.11 Å². The normalized spacial score (nSPS) is 22.2. The molecule has 16 heavy (non-hydrogen) atoms. The van der Waals surface area contributed by atoms with Crippen molar-refractivity contribution in [2.75, 3.05) is 19.6 Å². The summed E-state index contributed by atoms with van der Waals surface area (Å²) in [5.41, 5.74) is 1.41. The summed E-state index contributed by atoms with van der Waals surface area (Å²) in [7, 11) is 0. The van der Waals surface area contributed by atoms with Crippen LogP contribution in [0.15, 0.2) is 4.63 Å². The first-order valence-corrected chi connectivity index (χ1v) is 5.14. The van der Waals surface area contributed by atoms with Gasteiger partial charge in [0.05, 0.1) is 0 Å². The van der Waals surface area contributed by atoms with Crippen LogP contribution in [0.4, 0.5) is 0 Å². The van der Waals surface area contributed by atoms with Gasteiger partial charge in [-0.3, -0.25) is 9.69 Å². The number of hydrogen-bond donors (Lipinski definition) is 2. The molecule has 0 saturated carbocycles. The Morgan fingerprint density at radius 2 is 2.50 bits per heavy atom. The fourth-order valence-corrected chi connectivity index (χ4v) is 1.76. The first-order valence-electron chi connectivity index (χ1n) is 5.14. The number of aromatic nitrogens is 2.